The van der Waals surface area contributed by atoms with Crippen molar-refractivity contribution in [1.82, 2.24) is 4.98 Å². The van der Waals surface area contributed by atoms with E-state index in [9.17, 15) is 26.4 Å². The number of rotatable bonds is 5. The second-order valence-corrected chi connectivity index (χ2v) is 7.99. The second-order valence-electron chi connectivity index (χ2n) is 6.42. The predicted octanol–water partition coefficient (Wildman–Crippen LogP) is 4.10. The first-order valence-corrected chi connectivity index (χ1v) is 10.2. The Hall–Kier alpha value is -3.44. The number of anilines is 1. The van der Waals surface area contributed by atoms with Gasteiger partial charge in [0.25, 0.3) is 5.91 Å². The highest BCUT2D eigenvalue weighted by atomic mass is 32.2. The van der Waals surface area contributed by atoms with Crippen LogP contribution < -0.4 is 15.2 Å². The zero-order valence-corrected chi connectivity index (χ0v) is 16.8. The monoisotopic (exact) mass is 451 g/mol. The Morgan fingerprint density at radius 2 is 1.81 bits per heavy atom. The molecule has 11 heteroatoms. The smallest absolute Gasteiger partial charge is 0.416 e. The van der Waals surface area contributed by atoms with Gasteiger partial charge in [0.15, 0.2) is 0 Å². The third kappa shape index (κ3) is 5.38. The van der Waals surface area contributed by atoms with E-state index in [1.54, 1.807) is 6.92 Å². The van der Waals surface area contributed by atoms with Crippen LogP contribution in [0.5, 0.6) is 11.5 Å². The lowest BCUT2D eigenvalue weighted by molar-refractivity contribution is -0.137. The molecule has 0 saturated heterocycles. The predicted molar refractivity (Wildman–Crippen MR) is 106 cm³/mol. The maximum atomic E-state index is 13.2. The van der Waals surface area contributed by atoms with Crippen LogP contribution in [-0.2, 0) is 16.2 Å². The van der Waals surface area contributed by atoms with Crippen LogP contribution in [0.25, 0.3) is 0 Å². The number of hydrogen-bond donors (Lipinski definition) is 2. The summed E-state index contributed by atoms with van der Waals surface area (Å²) in [7, 11) is -4.01. The summed E-state index contributed by atoms with van der Waals surface area (Å²) in [6, 6.07) is 10.6. The van der Waals surface area contributed by atoms with Gasteiger partial charge in [0, 0.05) is 11.9 Å². The number of benzene rings is 2. The highest BCUT2D eigenvalue weighted by Crippen LogP contribution is 2.35. The van der Waals surface area contributed by atoms with Gasteiger partial charge >= 0.3 is 6.18 Å². The van der Waals surface area contributed by atoms with Crippen LogP contribution in [0.2, 0.25) is 0 Å². The molecule has 3 aromatic rings. The average molecular weight is 451 g/mol. The van der Waals surface area contributed by atoms with E-state index in [0.717, 1.165) is 18.2 Å². The molecule has 7 nitrogen and oxygen atoms in total. The van der Waals surface area contributed by atoms with Crippen LogP contribution in [0.1, 0.15) is 21.6 Å². The van der Waals surface area contributed by atoms with Gasteiger partial charge < -0.3 is 10.1 Å². The largest absolute Gasteiger partial charge is 0.455 e. The van der Waals surface area contributed by atoms with Gasteiger partial charge in [0.1, 0.15) is 11.5 Å². The molecule has 3 rings (SSSR count). The SMILES string of the molecule is Cc1ncccc1Oc1cc(C(F)(F)F)ccc1C(=O)Nc1cccc(S(N)(=O)=O)c1. The quantitative estimate of drug-likeness (QED) is 0.607. The summed E-state index contributed by atoms with van der Waals surface area (Å²) in [6.07, 6.45) is -3.17. The molecule has 0 saturated carbocycles. The van der Waals surface area contributed by atoms with Crippen LogP contribution >= 0.6 is 0 Å². The van der Waals surface area contributed by atoms with Crippen LogP contribution in [0.3, 0.4) is 0 Å². The van der Waals surface area contributed by atoms with Crippen molar-refractivity contribution in [2.24, 2.45) is 5.14 Å². The minimum atomic E-state index is -4.65. The molecule has 0 atom stereocenters. The molecule has 0 aliphatic carbocycles. The van der Waals surface area contributed by atoms with Crippen molar-refractivity contribution >= 4 is 21.6 Å². The van der Waals surface area contributed by atoms with Gasteiger partial charge in [0.05, 0.1) is 21.7 Å². The fourth-order valence-corrected chi connectivity index (χ4v) is 3.18. The molecule has 0 aliphatic heterocycles. The number of sulfonamides is 1. The number of amides is 1. The van der Waals surface area contributed by atoms with E-state index in [-0.39, 0.29) is 27.6 Å². The van der Waals surface area contributed by atoms with Crippen LogP contribution in [-0.4, -0.2) is 19.3 Å². The molecule has 31 heavy (non-hydrogen) atoms. The number of nitrogens with two attached hydrogens (primary N) is 1. The van der Waals surface area contributed by atoms with Crippen molar-refractivity contribution in [3.63, 3.8) is 0 Å². The normalized spacial score (nSPS) is 11.8. The summed E-state index contributed by atoms with van der Waals surface area (Å²) in [5.74, 6) is -0.977. The minimum absolute atomic E-state index is 0.0833. The molecule has 0 fully saturated rings. The Kier molecular flexibility index (Phi) is 6.00. The number of ether oxygens (including phenoxy) is 1. The zero-order chi connectivity index (χ0) is 22.8. The molecule has 162 valence electrons. The van der Waals surface area contributed by atoms with Crippen LogP contribution in [0, 0.1) is 6.92 Å². The first-order valence-electron chi connectivity index (χ1n) is 8.70. The van der Waals surface area contributed by atoms with Crippen molar-refractivity contribution in [2.45, 2.75) is 18.0 Å². The summed E-state index contributed by atoms with van der Waals surface area (Å²) in [4.78, 5) is 16.5. The van der Waals surface area contributed by atoms with E-state index >= 15 is 0 Å². The number of nitrogens with zero attached hydrogens (tertiary/aromatic N) is 1. The summed E-state index contributed by atoms with van der Waals surface area (Å²) in [6.45, 7) is 1.60. The molecule has 1 amide bonds. The van der Waals surface area contributed by atoms with E-state index < -0.39 is 27.7 Å². The lowest BCUT2D eigenvalue weighted by Crippen LogP contribution is -2.16. The number of carbonyl (C=O) groups excluding carboxylic acids is 1. The van der Waals surface area contributed by atoms with Gasteiger partial charge in [0.2, 0.25) is 10.0 Å². The Morgan fingerprint density at radius 1 is 1.06 bits per heavy atom. The summed E-state index contributed by atoms with van der Waals surface area (Å²) < 4.78 is 68.1. The zero-order valence-electron chi connectivity index (χ0n) is 16.0. The third-order valence-corrected chi connectivity index (χ3v) is 5.06. The Bertz CT molecular complexity index is 1240. The van der Waals surface area contributed by atoms with Gasteiger partial charge in [-0.15, -0.1) is 0 Å². The Morgan fingerprint density at radius 3 is 2.45 bits per heavy atom. The molecule has 1 aromatic heterocycles. The molecule has 0 bridgehead atoms. The van der Waals surface area contributed by atoms with Gasteiger partial charge in [-0.05, 0) is 55.5 Å². The first kappa shape index (κ1) is 22.2. The van der Waals surface area contributed by atoms with Crippen LogP contribution in [0.4, 0.5) is 18.9 Å². The van der Waals surface area contributed by atoms with E-state index in [4.69, 9.17) is 9.88 Å². The molecule has 3 N–H and O–H groups in total. The van der Waals surface area contributed by atoms with Crippen LogP contribution in [0.15, 0.2) is 65.7 Å². The lowest BCUT2D eigenvalue weighted by Gasteiger charge is -2.15. The topological polar surface area (TPSA) is 111 Å². The van der Waals surface area contributed by atoms with E-state index in [1.807, 2.05) is 0 Å². The Balaban J connectivity index is 1.99. The van der Waals surface area contributed by atoms with Crippen molar-refractivity contribution < 1.29 is 31.1 Å². The fourth-order valence-electron chi connectivity index (χ4n) is 2.62. The number of carbonyl (C=O) groups is 1. The maximum absolute atomic E-state index is 13.2. The third-order valence-electron chi connectivity index (χ3n) is 4.15. The van der Waals surface area contributed by atoms with E-state index in [1.165, 1.54) is 36.5 Å². The fraction of sp³-hybridized carbons (Fsp3) is 0.100. The molecule has 2 aromatic carbocycles. The molecule has 0 aliphatic rings. The highest BCUT2D eigenvalue weighted by molar-refractivity contribution is 7.89. The second kappa shape index (κ2) is 8.36. The molecule has 0 radical (unpaired) electrons. The number of nitrogens with one attached hydrogen (secondary N) is 1. The van der Waals surface area contributed by atoms with Gasteiger partial charge in [-0.1, -0.05) is 6.07 Å². The Labute approximate surface area is 175 Å². The summed E-state index contributed by atoms with van der Waals surface area (Å²) in [5, 5.41) is 7.51. The molecule has 1 heterocycles. The number of halogens is 3. The highest BCUT2D eigenvalue weighted by Gasteiger charge is 2.32. The minimum Gasteiger partial charge on any atom is -0.455 e. The number of aryl methyl sites for hydroxylation is 1. The molecule has 0 unspecified atom stereocenters. The first-order chi connectivity index (χ1) is 14.4. The van der Waals surface area contributed by atoms with Gasteiger partial charge in [-0.3, -0.25) is 9.78 Å². The van der Waals surface area contributed by atoms with E-state index in [2.05, 4.69) is 10.3 Å². The number of alkyl halides is 3. The molecule has 0 spiro atoms. The van der Waals surface area contributed by atoms with Gasteiger partial charge in [-0.25, -0.2) is 13.6 Å². The summed E-state index contributed by atoms with van der Waals surface area (Å²) >= 11 is 0. The number of primary sulfonamides is 1. The number of hydrogen-bond acceptors (Lipinski definition) is 5. The average Bonchev–Trinajstić information content (AvgIpc) is 2.68. The van der Waals surface area contributed by atoms with Crippen molar-refractivity contribution in [1.29, 1.82) is 0 Å². The molecular formula is C20H16F3N3O4S. The number of pyridine rings is 1. The van der Waals surface area contributed by atoms with Crippen molar-refractivity contribution in [2.75, 3.05) is 5.32 Å². The standard InChI is InChI=1S/C20H16F3N3O4S/c1-12-17(6-3-9-25-12)30-18-10-13(20(21,22)23)7-8-16(18)19(27)26-14-4-2-5-15(11-14)31(24,28)29/h2-11H,1H3,(H,26,27)(H2,24,28,29). The van der Waals surface area contributed by atoms with Crippen molar-refractivity contribution in [3.05, 3.63) is 77.6 Å². The van der Waals surface area contributed by atoms with Gasteiger partial charge in [-0.2, -0.15) is 13.2 Å². The summed E-state index contributed by atoms with van der Waals surface area (Å²) in [5.41, 5.74) is -0.707. The maximum Gasteiger partial charge on any atom is 0.416 e. The van der Waals surface area contributed by atoms with Crippen molar-refractivity contribution in [3.8, 4) is 11.5 Å². The molecular weight excluding hydrogens is 435 g/mol. The lowest BCUT2D eigenvalue weighted by atomic mass is 10.1. The number of aromatic nitrogens is 1. The van der Waals surface area contributed by atoms with E-state index in [0.29, 0.717) is 11.8 Å².